The second kappa shape index (κ2) is 8.25. The maximum absolute atomic E-state index is 5.99. The first-order chi connectivity index (χ1) is 10.2. The van der Waals surface area contributed by atoms with Crippen molar-refractivity contribution in [1.82, 2.24) is 5.32 Å². The Kier molecular flexibility index (Phi) is 6.33. The van der Waals surface area contributed by atoms with Crippen LogP contribution in [-0.2, 0) is 4.74 Å². The molecule has 0 aromatic heterocycles. The van der Waals surface area contributed by atoms with Gasteiger partial charge in [0.1, 0.15) is 18.1 Å². The molecule has 0 bridgehead atoms. The lowest BCUT2D eigenvalue weighted by molar-refractivity contribution is 0.0178. The van der Waals surface area contributed by atoms with Crippen molar-refractivity contribution in [3.8, 4) is 11.5 Å². The third kappa shape index (κ3) is 5.56. The average molecular weight is 293 g/mol. The quantitative estimate of drug-likeness (QED) is 0.800. The summed E-state index contributed by atoms with van der Waals surface area (Å²) in [6.07, 6.45) is 2.68. The highest BCUT2D eigenvalue weighted by molar-refractivity contribution is 5.32. The molecule has 1 heterocycles. The number of benzene rings is 1. The number of rotatable bonds is 8. The van der Waals surface area contributed by atoms with Crippen LogP contribution in [0, 0.1) is 0 Å². The lowest BCUT2D eigenvalue weighted by Crippen LogP contribution is -2.32. The van der Waals surface area contributed by atoms with E-state index in [1.165, 1.54) is 0 Å². The average Bonchev–Trinajstić information content (AvgIpc) is 2.92. The largest absolute Gasteiger partial charge is 0.494 e. The molecule has 2 unspecified atom stereocenters. The predicted molar refractivity (Wildman–Crippen MR) is 84.1 cm³/mol. The van der Waals surface area contributed by atoms with Crippen molar-refractivity contribution in [2.24, 2.45) is 0 Å². The summed E-state index contributed by atoms with van der Waals surface area (Å²) in [6, 6.07) is 8.28. The number of hydrogen-bond acceptors (Lipinski definition) is 4. The molecule has 1 aliphatic heterocycles. The van der Waals surface area contributed by atoms with E-state index in [2.05, 4.69) is 19.2 Å². The maximum atomic E-state index is 5.99. The molecular weight excluding hydrogens is 266 g/mol. The molecule has 0 saturated carbocycles. The normalized spacial score (nSPS) is 21.7. The molecule has 2 atom stereocenters. The standard InChI is InChI=1S/C17H27NO3/c1-4-19-14-6-5-7-15(10-14)20-12-17-9-8-16(21-17)11-18-13(2)3/h5-7,10,13,16-18H,4,8-9,11-12H2,1-3H3. The van der Waals surface area contributed by atoms with Crippen LogP contribution in [-0.4, -0.2) is 38.0 Å². The summed E-state index contributed by atoms with van der Waals surface area (Å²) in [5.74, 6) is 1.69. The summed E-state index contributed by atoms with van der Waals surface area (Å²) in [5, 5.41) is 3.42. The van der Waals surface area contributed by atoms with Gasteiger partial charge in [0, 0.05) is 18.7 Å². The van der Waals surface area contributed by atoms with Gasteiger partial charge < -0.3 is 19.5 Å². The van der Waals surface area contributed by atoms with Crippen LogP contribution in [0.3, 0.4) is 0 Å². The monoisotopic (exact) mass is 293 g/mol. The predicted octanol–water partition coefficient (Wildman–Crippen LogP) is 3.01. The van der Waals surface area contributed by atoms with E-state index >= 15 is 0 Å². The van der Waals surface area contributed by atoms with Gasteiger partial charge in [-0.05, 0) is 31.9 Å². The zero-order chi connectivity index (χ0) is 15.1. The van der Waals surface area contributed by atoms with E-state index in [0.717, 1.165) is 30.9 Å². The highest BCUT2D eigenvalue weighted by atomic mass is 16.5. The van der Waals surface area contributed by atoms with Crippen molar-refractivity contribution in [3.63, 3.8) is 0 Å². The molecule has 4 heteroatoms. The Labute approximate surface area is 127 Å². The van der Waals surface area contributed by atoms with Crippen LogP contribution in [0.4, 0.5) is 0 Å². The Bertz CT molecular complexity index is 422. The zero-order valence-corrected chi connectivity index (χ0v) is 13.3. The molecule has 4 nitrogen and oxygen atoms in total. The fourth-order valence-electron chi connectivity index (χ4n) is 2.43. The first kappa shape index (κ1) is 16.1. The molecule has 21 heavy (non-hydrogen) atoms. The van der Waals surface area contributed by atoms with E-state index in [1.807, 2.05) is 31.2 Å². The fourth-order valence-corrected chi connectivity index (χ4v) is 2.43. The first-order valence-corrected chi connectivity index (χ1v) is 7.92. The Balaban J connectivity index is 1.72. The lowest BCUT2D eigenvalue weighted by atomic mass is 10.2. The summed E-state index contributed by atoms with van der Waals surface area (Å²) in [7, 11) is 0. The summed E-state index contributed by atoms with van der Waals surface area (Å²) >= 11 is 0. The minimum atomic E-state index is 0.194. The molecule has 0 radical (unpaired) electrons. The van der Waals surface area contributed by atoms with Gasteiger partial charge in [0.15, 0.2) is 0 Å². The van der Waals surface area contributed by atoms with Gasteiger partial charge in [-0.25, -0.2) is 0 Å². The van der Waals surface area contributed by atoms with Crippen LogP contribution in [0.2, 0.25) is 0 Å². The van der Waals surface area contributed by atoms with Crippen LogP contribution >= 0.6 is 0 Å². The molecule has 0 aliphatic carbocycles. The second-order valence-electron chi connectivity index (χ2n) is 5.74. The highest BCUT2D eigenvalue weighted by Gasteiger charge is 2.25. The molecule has 1 aromatic rings. The van der Waals surface area contributed by atoms with Crippen LogP contribution in [0.25, 0.3) is 0 Å². The SMILES string of the molecule is CCOc1cccc(OCC2CCC(CNC(C)C)O2)c1. The van der Waals surface area contributed by atoms with E-state index in [9.17, 15) is 0 Å². The molecule has 118 valence electrons. The second-order valence-corrected chi connectivity index (χ2v) is 5.74. The number of nitrogens with one attached hydrogen (secondary N) is 1. The summed E-state index contributed by atoms with van der Waals surface area (Å²) in [4.78, 5) is 0. The highest BCUT2D eigenvalue weighted by Crippen LogP contribution is 2.23. The van der Waals surface area contributed by atoms with Gasteiger partial charge in [-0.2, -0.15) is 0 Å². The van der Waals surface area contributed by atoms with Gasteiger partial charge >= 0.3 is 0 Å². The van der Waals surface area contributed by atoms with Gasteiger partial charge in [0.05, 0.1) is 18.8 Å². The van der Waals surface area contributed by atoms with Crippen LogP contribution in [0.15, 0.2) is 24.3 Å². The Morgan fingerprint density at radius 1 is 1.19 bits per heavy atom. The first-order valence-electron chi connectivity index (χ1n) is 7.92. The van der Waals surface area contributed by atoms with Crippen LogP contribution in [0.5, 0.6) is 11.5 Å². The number of ether oxygens (including phenoxy) is 3. The summed E-state index contributed by atoms with van der Waals surface area (Å²) in [6.45, 7) is 8.48. The summed E-state index contributed by atoms with van der Waals surface area (Å²) in [5.41, 5.74) is 0. The van der Waals surface area contributed by atoms with Crippen molar-refractivity contribution < 1.29 is 14.2 Å². The van der Waals surface area contributed by atoms with Gasteiger partial charge in [-0.3, -0.25) is 0 Å². The van der Waals surface area contributed by atoms with E-state index in [-0.39, 0.29) is 6.10 Å². The fraction of sp³-hybridized carbons (Fsp3) is 0.647. The minimum absolute atomic E-state index is 0.194. The Morgan fingerprint density at radius 2 is 1.90 bits per heavy atom. The molecular formula is C17H27NO3. The van der Waals surface area contributed by atoms with E-state index < -0.39 is 0 Å². The lowest BCUT2D eigenvalue weighted by Gasteiger charge is -2.16. The molecule has 1 saturated heterocycles. The summed E-state index contributed by atoms with van der Waals surface area (Å²) < 4.78 is 17.3. The van der Waals surface area contributed by atoms with Gasteiger partial charge in [-0.15, -0.1) is 0 Å². The molecule has 1 fully saturated rings. The molecule has 0 spiro atoms. The van der Waals surface area contributed by atoms with Crippen LogP contribution < -0.4 is 14.8 Å². The molecule has 1 aliphatic rings. The van der Waals surface area contributed by atoms with Crippen LogP contribution in [0.1, 0.15) is 33.6 Å². The van der Waals surface area contributed by atoms with Crippen molar-refractivity contribution in [2.45, 2.75) is 51.9 Å². The van der Waals surface area contributed by atoms with E-state index in [0.29, 0.717) is 25.4 Å². The number of hydrogen-bond donors (Lipinski definition) is 1. The van der Waals surface area contributed by atoms with E-state index in [1.54, 1.807) is 0 Å². The van der Waals surface area contributed by atoms with E-state index in [4.69, 9.17) is 14.2 Å². The third-order valence-electron chi connectivity index (χ3n) is 3.50. The Morgan fingerprint density at radius 3 is 2.62 bits per heavy atom. The van der Waals surface area contributed by atoms with Gasteiger partial charge in [0.2, 0.25) is 0 Å². The topological polar surface area (TPSA) is 39.7 Å². The maximum Gasteiger partial charge on any atom is 0.123 e. The molecule has 0 amide bonds. The van der Waals surface area contributed by atoms with Crippen molar-refractivity contribution in [3.05, 3.63) is 24.3 Å². The zero-order valence-electron chi connectivity index (χ0n) is 13.3. The Hall–Kier alpha value is -1.26. The van der Waals surface area contributed by atoms with Gasteiger partial charge in [-0.1, -0.05) is 19.9 Å². The molecule has 2 rings (SSSR count). The molecule has 1 aromatic carbocycles. The third-order valence-corrected chi connectivity index (χ3v) is 3.50. The smallest absolute Gasteiger partial charge is 0.123 e. The molecule has 1 N–H and O–H groups in total. The van der Waals surface area contributed by atoms with Crippen molar-refractivity contribution in [2.75, 3.05) is 19.8 Å². The minimum Gasteiger partial charge on any atom is -0.494 e. The van der Waals surface area contributed by atoms with Gasteiger partial charge in [0.25, 0.3) is 0 Å². The van der Waals surface area contributed by atoms with Crippen molar-refractivity contribution >= 4 is 0 Å². The van der Waals surface area contributed by atoms with Crippen molar-refractivity contribution in [1.29, 1.82) is 0 Å².